The molecular weight excluding hydrogens is 306 g/mol. The normalized spacial score (nSPS) is 14.3. The first kappa shape index (κ1) is 16.2. The number of aromatic nitrogens is 2. The second-order valence-electron chi connectivity index (χ2n) is 6.31. The Morgan fingerprint density at radius 1 is 1.25 bits per heavy atom. The molecule has 0 saturated carbocycles. The summed E-state index contributed by atoms with van der Waals surface area (Å²) in [4.78, 5) is 25.1. The van der Waals surface area contributed by atoms with Crippen molar-refractivity contribution in [3.05, 3.63) is 46.8 Å². The molecule has 1 atom stereocenters. The molecule has 1 aliphatic rings. The van der Waals surface area contributed by atoms with E-state index in [1.165, 1.54) is 18.9 Å². The summed E-state index contributed by atoms with van der Waals surface area (Å²) in [5.74, 6) is -1.37. The van der Waals surface area contributed by atoms with E-state index in [1.54, 1.807) is 0 Å². The van der Waals surface area contributed by atoms with Crippen molar-refractivity contribution < 1.29 is 14.7 Å². The highest BCUT2D eigenvalue weighted by Crippen LogP contribution is 2.28. The molecule has 1 aromatic carbocycles. The van der Waals surface area contributed by atoms with Crippen molar-refractivity contribution in [3.63, 3.8) is 0 Å². The molecule has 0 bridgehead atoms. The molecule has 1 unspecified atom stereocenters. The fourth-order valence-electron chi connectivity index (χ4n) is 3.02. The number of benzene rings is 1. The van der Waals surface area contributed by atoms with Crippen LogP contribution in [0, 0.1) is 6.92 Å². The molecule has 6 heteroatoms. The average molecular weight is 327 g/mol. The third-order valence-corrected chi connectivity index (χ3v) is 4.67. The maximum absolute atomic E-state index is 12.7. The standard InChI is InChI=1S/C18H21N3O3/c1-11-7-9-13(10-8-11)21-15-6-4-5-14(15)16(19-21)17(22)20(3)12(2)18(23)24/h7-10,12H,4-6H2,1-3H3,(H,23,24). The zero-order valence-corrected chi connectivity index (χ0v) is 14.1. The minimum atomic E-state index is -1.03. The topological polar surface area (TPSA) is 75.4 Å². The lowest BCUT2D eigenvalue weighted by Gasteiger charge is -2.20. The summed E-state index contributed by atoms with van der Waals surface area (Å²) in [6.07, 6.45) is 2.66. The third kappa shape index (κ3) is 2.68. The van der Waals surface area contributed by atoms with E-state index in [-0.39, 0.29) is 5.91 Å². The molecule has 24 heavy (non-hydrogen) atoms. The largest absolute Gasteiger partial charge is 0.480 e. The van der Waals surface area contributed by atoms with Gasteiger partial charge in [0.05, 0.1) is 5.69 Å². The van der Waals surface area contributed by atoms with Gasteiger partial charge in [0.15, 0.2) is 5.69 Å². The van der Waals surface area contributed by atoms with Gasteiger partial charge in [-0.05, 0) is 45.2 Å². The number of fused-ring (bicyclic) bond motifs is 1. The third-order valence-electron chi connectivity index (χ3n) is 4.67. The van der Waals surface area contributed by atoms with Gasteiger partial charge >= 0.3 is 5.97 Å². The summed E-state index contributed by atoms with van der Waals surface area (Å²) >= 11 is 0. The molecule has 2 aromatic rings. The molecule has 1 N–H and O–H groups in total. The Morgan fingerprint density at radius 2 is 1.92 bits per heavy atom. The Kier molecular flexibility index (Phi) is 4.13. The van der Waals surface area contributed by atoms with Crippen LogP contribution in [0.4, 0.5) is 0 Å². The number of nitrogens with zero attached hydrogens (tertiary/aromatic N) is 3. The van der Waals surface area contributed by atoms with Crippen molar-refractivity contribution in [1.82, 2.24) is 14.7 Å². The lowest BCUT2D eigenvalue weighted by Crippen LogP contribution is -2.40. The Labute approximate surface area is 140 Å². The molecule has 0 spiro atoms. The summed E-state index contributed by atoms with van der Waals surface area (Å²) in [6, 6.07) is 7.10. The predicted octanol–water partition coefficient (Wildman–Crippen LogP) is 2.21. The van der Waals surface area contributed by atoms with Crippen LogP contribution >= 0.6 is 0 Å². The molecular formula is C18H21N3O3. The second-order valence-corrected chi connectivity index (χ2v) is 6.31. The number of rotatable bonds is 4. The maximum atomic E-state index is 12.7. The Bertz CT molecular complexity index is 793. The Balaban J connectivity index is 2.01. The monoisotopic (exact) mass is 327 g/mol. The first-order valence-electron chi connectivity index (χ1n) is 8.08. The number of carbonyl (C=O) groups is 2. The van der Waals surface area contributed by atoms with Gasteiger partial charge in [-0.25, -0.2) is 9.48 Å². The van der Waals surface area contributed by atoms with E-state index >= 15 is 0 Å². The minimum absolute atomic E-state index is 0.339. The smallest absolute Gasteiger partial charge is 0.326 e. The number of carboxylic acid groups (broad SMARTS) is 1. The molecule has 0 saturated heterocycles. The van der Waals surface area contributed by atoms with Crippen molar-refractivity contribution in [2.45, 2.75) is 39.2 Å². The van der Waals surface area contributed by atoms with Crippen LogP contribution in [-0.2, 0) is 17.6 Å². The molecule has 0 fully saturated rings. The molecule has 1 amide bonds. The van der Waals surface area contributed by atoms with Gasteiger partial charge in [-0.15, -0.1) is 0 Å². The molecule has 0 radical (unpaired) electrons. The van der Waals surface area contributed by atoms with Crippen LogP contribution in [0.3, 0.4) is 0 Å². The van der Waals surface area contributed by atoms with E-state index in [0.717, 1.165) is 41.8 Å². The van der Waals surface area contributed by atoms with Crippen LogP contribution in [0.2, 0.25) is 0 Å². The summed E-state index contributed by atoms with van der Waals surface area (Å²) in [7, 11) is 1.51. The second kappa shape index (κ2) is 6.11. The van der Waals surface area contributed by atoms with Gasteiger partial charge in [-0.3, -0.25) is 4.79 Å². The number of hydrogen-bond donors (Lipinski definition) is 1. The SMILES string of the molecule is Cc1ccc(-n2nc(C(=O)N(C)C(C)C(=O)O)c3c2CCC3)cc1. The van der Waals surface area contributed by atoms with E-state index < -0.39 is 12.0 Å². The molecule has 6 nitrogen and oxygen atoms in total. The first-order valence-corrected chi connectivity index (χ1v) is 8.08. The highest BCUT2D eigenvalue weighted by molar-refractivity contribution is 5.96. The number of carboxylic acids is 1. The lowest BCUT2D eigenvalue weighted by molar-refractivity contribution is -0.141. The van der Waals surface area contributed by atoms with Crippen LogP contribution in [0.5, 0.6) is 0 Å². The molecule has 126 valence electrons. The zero-order chi connectivity index (χ0) is 17.4. The van der Waals surface area contributed by atoms with E-state index in [9.17, 15) is 9.59 Å². The van der Waals surface area contributed by atoms with E-state index in [4.69, 9.17) is 5.11 Å². The summed E-state index contributed by atoms with van der Waals surface area (Å²) < 4.78 is 1.83. The number of carbonyl (C=O) groups excluding carboxylic acids is 1. The van der Waals surface area contributed by atoms with Crippen molar-refractivity contribution in [2.24, 2.45) is 0 Å². The fraction of sp³-hybridized carbons (Fsp3) is 0.389. The van der Waals surface area contributed by atoms with Crippen LogP contribution < -0.4 is 0 Å². The van der Waals surface area contributed by atoms with Gasteiger partial charge in [0.1, 0.15) is 6.04 Å². The molecule has 1 heterocycles. The Morgan fingerprint density at radius 3 is 2.54 bits per heavy atom. The summed E-state index contributed by atoms with van der Waals surface area (Å²) in [6.45, 7) is 3.52. The van der Waals surface area contributed by atoms with Gasteiger partial charge in [0.25, 0.3) is 5.91 Å². The van der Waals surface area contributed by atoms with Crippen molar-refractivity contribution >= 4 is 11.9 Å². The summed E-state index contributed by atoms with van der Waals surface area (Å²) in [5, 5.41) is 13.7. The van der Waals surface area contributed by atoms with E-state index in [2.05, 4.69) is 5.10 Å². The minimum Gasteiger partial charge on any atom is -0.480 e. The number of aliphatic carboxylic acids is 1. The number of amides is 1. The van der Waals surface area contributed by atoms with Crippen LogP contribution in [0.15, 0.2) is 24.3 Å². The van der Waals surface area contributed by atoms with Crippen molar-refractivity contribution in [2.75, 3.05) is 7.05 Å². The van der Waals surface area contributed by atoms with Crippen LogP contribution in [0.1, 0.15) is 40.7 Å². The molecule has 1 aromatic heterocycles. The summed E-state index contributed by atoms with van der Waals surface area (Å²) in [5.41, 5.74) is 4.46. The van der Waals surface area contributed by atoms with Gasteiger partial charge in [0.2, 0.25) is 0 Å². The predicted molar refractivity (Wildman–Crippen MR) is 89.5 cm³/mol. The van der Waals surface area contributed by atoms with Crippen LogP contribution in [0.25, 0.3) is 5.69 Å². The van der Waals surface area contributed by atoms with E-state index in [0.29, 0.717) is 5.69 Å². The zero-order valence-electron chi connectivity index (χ0n) is 14.1. The lowest BCUT2D eigenvalue weighted by atomic mass is 10.1. The van der Waals surface area contributed by atoms with Crippen molar-refractivity contribution in [3.8, 4) is 5.69 Å². The fourth-order valence-corrected chi connectivity index (χ4v) is 3.02. The highest BCUT2D eigenvalue weighted by Gasteiger charge is 2.31. The van der Waals surface area contributed by atoms with Gasteiger partial charge in [0, 0.05) is 18.3 Å². The molecule has 0 aliphatic heterocycles. The van der Waals surface area contributed by atoms with Crippen molar-refractivity contribution in [1.29, 1.82) is 0 Å². The molecule has 1 aliphatic carbocycles. The van der Waals surface area contributed by atoms with Crippen LogP contribution in [-0.4, -0.2) is 44.8 Å². The first-order chi connectivity index (χ1) is 11.4. The average Bonchev–Trinajstić information content (AvgIpc) is 3.16. The quantitative estimate of drug-likeness (QED) is 0.934. The molecule has 3 rings (SSSR count). The maximum Gasteiger partial charge on any atom is 0.326 e. The number of aryl methyl sites for hydroxylation is 1. The van der Waals surface area contributed by atoms with Gasteiger partial charge < -0.3 is 10.0 Å². The Hall–Kier alpha value is -2.63. The number of likely N-dealkylation sites (N-methyl/N-ethyl adjacent to an activating group) is 1. The number of hydrogen-bond acceptors (Lipinski definition) is 3. The van der Waals surface area contributed by atoms with Gasteiger partial charge in [-0.1, -0.05) is 17.7 Å². The van der Waals surface area contributed by atoms with Gasteiger partial charge in [-0.2, -0.15) is 5.10 Å². The van der Waals surface area contributed by atoms with E-state index in [1.807, 2.05) is 35.9 Å². The highest BCUT2D eigenvalue weighted by atomic mass is 16.4.